The first kappa shape index (κ1) is 16.3. The van der Waals surface area contributed by atoms with Crippen molar-refractivity contribution in [2.75, 3.05) is 13.2 Å². The molecule has 118 valence electrons. The molecule has 1 fully saturated rings. The molecule has 1 aromatic rings. The zero-order valence-electron chi connectivity index (χ0n) is 12.2. The molecule has 0 bridgehead atoms. The van der Waals surface area contributed by atoms with Gasteiger partial charge in [-0.1, -0.05) is 19.1 Å². The Morgan fingerprint density at radius 3 is 2.48 bits per heavy atom. The minimum Gasteiger partial charge on any atom is -0.378 e. The molecule has 1 heterocycles. The van der Waals surface area contributed by atoms with Crippen LogP contribution in [0.25, 0.3) is 0 Å². The molecular weight excluding hydrogens is 279 g/mol. The molecule has 1 aliphatic heterocycles. The maximum atomic E-state index is 12.6. The lowest BCUT2D eigenvalue weighted by atomic mass is 9.96. The van der Waals surface area contributed by atoms with Crippen LogP contribution in [0.2, 0.25) is 0 Å². The minimum atomic E-state index is -4.28. The van der Waals surface area contributed by atoms with Gasteiger partial charge in [0, 0.05) is 12.6 Å². The number of alkyl halides is 3. The van der Waals surface area contributed by atoms with Gasteiger partial charge in [0.15, 0.2) is 0 Å². The fourth-order valence-corrected chi connectivity index (χ4v) is 2.74. The van der Waals surface area contributed by atoms with Crippen LogP contribution >= 0.6 is 0 Å². The summed E-state index contributed by atoms with van der Waals surface area (Å²) in [6, 6.07) is 5.49. The van der Waals surface area contributed by atoms with Gasteiger partial charge in [0.1, 0.15) is 0 Å². The van der Waals surface area contributed by atoms with Crippen LogP contribution in [0, 0.1) is 0 Å². The molecule has 1 aliphatic rings. The average Bonchev–Trinajstić information content (AvgIpc) is 2.47. The molecule has 0 saturated carbocycles. The highest BCUT2D eigenvalue weighted by Gasteiger charge is 2.30. The van der Waals surface area contributed by atoms with E-state index in [1.807, 2.05) is 6.92 Å². The first-order valence-corrected chi connectivity index (χ1v) is 7.53. The van der Waals surface area contributed by atoms with E-state index in [2.05, 4.69) is 5.32 Å². The lowest BCUT2D eigenvalue weighted by molar-refractivity contribution is -0.137. The first-order chi connectivity index (χ1) is 10.0. The SMILES string of the molecule is CCNC(CC1CCCCO1)c1ccc(C(F)(F)F)cc1. The largest absolute Gasteiger partial charge is 0.416 e. The zero-order chi connectivity index (χ0) is 15.3. The number of hydrogen-bond acceptors (Lipinski definition) is 2. The van der Waals surface area contributed by atoms with Crippen LogP contribution in [-0.4, -0.2) is 19.3 Å². The van der Waals surface area contributed by atoms with Crippen LogP contribution in [0.1, 0.15) is 49.8 Å². The Morgan fingerprint density at radius 2 is 1.95 bits per heavy atom. The molecule has 2 atom stereocenters. The van der Waals surface area contributed by atoms with Gasteiger partial charge in [0.2, 0.25) is 0 Å². The normalized spacial score (nSPS) is 21.2. The molecule has 0 amide bonds. The van der Waals surface area contributed by atoms with Crippen molar-refractivity contribution in [2.24, 2.45) is 0 Å². The molecule has 0 aliphatic carbocycles. The molecule has 2 nitrogen and oxygen atoms in total. The van der Waals surface area contributed by atoms with Crippen LogP contribution in [0.5, 0.6) is 0 Å². The van der Waals surface area contributed by atoms with Crippen LogP contribution in [-0.2, 0) is 10.9 Å². The summed E-state index contributed by atoms with van der Waals surface area (Å²) in [5.74, 6) is 0. The predicted octanol–water partition coefficient (Wildman–Crippen LogP) is 4.32. The summed E-state index contributed by atoms with van der Waals surface area (Å²) in [5, 5.41) is 3.34. The summed E-state index contributed by atoms with van der Waals surface area (Å²) < 4.78 is 43.6. The molecule has 2 rings (SSSR count). The van der Waals surface area contributed by atoms with E-state index in [-0.39, 0.29) is 12.1 Å². The molecule has 0 radical (unpaired) electrons. The maximum absolute atomic E-state index is 12.6. The van der Waals surface area contributed by atoms with Crippen LogP contribution < -0.4 is 5.32 Å². The van der Waals surface area contributed by atoms with Crippen LogP contribution in [0.4, 0.5) is 13.2 Å². The Kier molecular flexibility index (Phi) is 5.65. The molecule has 1 saturated heterocycles. The maximum Gasteiger partial charge on any atom is 0.416 e. The van der Waals surface area contributed by atoms with Crippen LogP contribution in [0.3, 0.4) is 0 Å². The van der Waals surface area contributed by atoms with Crippen LogP contribution in [0.15, 0.2) is 24.3 Å². The second-order valence-electron chi connectivity index (χ2n) is 5.45. The van der Waals surface area contributed by atoms with Crippen molar-refractivity contribution < 1.29 is 17.9 Å². The fraction of sp³-hybridized carbons (Fsp3) is 0.625. The van der Waals surface area contributed by atoms with Crippen molar-refractivity contribution in [2.45, 2.75) is 50.9 Å². The summed E-state index contributed by atoms with van der Waals surface area (Å²) in [4.78, 5) is 0. The van der Waals surface area contributed by atoms with E-state index in [0.29, 0.717) is 0 Å². The second kappa shape index (κ2) is 7.27. The third-order valence-electron chi connectivity index (χ3n) is 3.86. The van der Waals surface area contributed by atoms with Crippen molar-refractivity contribution in [3.8, 4) is 0 Å². The standard InChI is InChI=1S/C16H22F3NO/c1-2-20-15(11-14-5-3-4-10-21-14)12-6-8-13(9-7-12)16(17,18)19/h6-9,14-15,20H,2-5,10-11H2,1H3. The highest BCUT2D eigenvalue weighted by Crippen LogP contribution is 2.31. The van der Waals surface area contributed by atoms with Crippen molar-refractivity contribution in [1.29, 1.82) is 0 Å². The minimum absolute atomic E-state index is 0.0420. The molecule has 21 heavy (non-hydrogen) atoms. The average molecular weight is 301 g/mol. The van der Waals surface area contributed by atoms with Gasteiger partial charge in [-0.15, -0.1) is 0 Å². The summed E-state index contributed by atoms with van der Waals surface area (Å²) in [7, 11) is 0. The number of benzene rings is 1. The van der Waals surface area contributed by atoms with E-state index in [1.165, 1.54) is 0 Å². The smallest absolute Gasteiger partial charge is 0.378 e. The highest BCUT2D eigenvalue weighted by molar-refractivity contribution is 5.27. The Hall–Kier alpha value is -1.07. The third-order valence-corrected chi connectivity index (χ3v) is 3.86. The first-order valence-electron chi connectivity index (χ1n) is 7.53. The highest BCUT2D eigenvalue weighted by atomic mass is 19.4. The van der Waals surface area contributed by atoms with E-state index in [9.17, 15) is 13.2 Å². The van der Waals surface area contributed by atoms with E-state index < -0.39 is 11.7 Å². The molecule has 0 spiro atoms. The van der Waals surface area contributed by atoms with E-state index in [4.69, 9.17) is 4.74 Å². The number of ether oxygens (including phenoxy) is 1. The van der Waals surface area contributed by atoms with Gasteiger partial charge < -0.3 is 10.1 Å². The lowest BCUT2D eigenvalue weighted by Gasteiger charge is -2.28. The Bertz CT molecular complexity index is 424. The zero-order valence-corrected chi connectivity index (χ0v) is 12.2. The fourth-order valence-electron chi connectivity index (χ4n) is 2.74. The molecule has 1 aromatic carbocycles. The number of halogens is 3. The van der Waals surface area contributed by atoms with Gasteiger partial charge in [0.25, 0.3) is 0 Å². The van der Waals surface area contributed by atoms with E-state index >= 15 is 0 Å². The van der Waals surface area contributed by atoms with Gasteiger partial charge in [-0.25, -0.2) is 0 Å². The molecule has 0 aromatic heterocycles. The Morgan fingerprint density at radius 1 is 1.24 bits per heavy atom. The van der Waals surface area contributed by atoms with Gasteiger partial charge in [-0.3, -0.25) is 0 Å². The number of hydrogen-bond donors (Lipinski definition) is 1. The predicted molar refractivity (Wildman–Crippen MR) is 76.1 cm³/mol. The number of rotatable bonds is 5. The lowest BCUT2D eigenvalue weighted by Crippen LogP contribution is -2.28. The van der Waals surface area contributed by atoms with Crippen molar-refractivity contribution in [1.82, 2.24) is 5.32 Å². The van der Waals surface area contributed by atoms with E-state index in [1.54, 1.807) is 12.1 Å². The van der Waals surface area contributed by atoms with Crippen molar-refractivity contribution in [3.63, 3.8) is 0 Å². The molecule has 1 N–H and O–H groups in total. The topological polar surface area (TPSA) is 21.3 Å². The Balaban J connectivity index is 2.06. The number of nitrogens with one attached hydrogen (secondary N) is 1. The Labute approximate surface area is 123 Å². The summed E-state index contributed by atoms with van der Waals surface area (Å²) in [6.45, 7) is 3.56. The third kappa shape index (κ3) is 4.71. The quantitative estimate of drug-likeness (QED) is 0.874. The molecule has 5 heteroatoms. The van der Waals surface area contributed by atoms with E-state index in [0.717, 1.165) is 56.5 Å². The van der Waals surface area contributed by atoms with Gasteiger partial charge >= 0.3 is 6.18 Å². The summed E-state index contributed by atoms with van der Waals surface area (Å²) in [6.07, 6.45) is 0.0182. The second-order valence-corrected chi connectivity index (χ2v) is 5.45. The molecular formula is C16H22F3NO. The van der Waals surface area contributed by atoms with Crippen molar-refractivity contribution >= 4 is 0 Å². The summed E-state index contributed by atoms with van der Waals surface area (Å²) >= 11 is 0. The molecule has 2 unspecified atom stereocenters. The van der Waals surface area contributed by atoms with Crippen molar-refractivity contribution in [3.05, 3.63) is 35.4 Å². The van der Waals surface area contributed by atoms with Gasteiger partial charge in [-0.2, -0.15) is 13.2 Å². The summed E-state index contributed by atoms with van der Waals surface area (Å²) in [5.41, 5.74) is 0.287. The van der Waals surface area contributed by atoms with Gasteiger partial charge in [-0.05, 0) is 49.9 Å². The van der Waals surface area contributed by atoms with Gasteiger partial charge in [0.05, 0.1) is 11.7 Å². The monoisotopic (exact) mass is 301 g/mol.